The Balaban J connectivity index is 2.47. The molecule has 0 aliphatic heterocycles. The summed E-state index contributed by atoms with van der Waals surface area (Å²) in [4.78, 5) is 2.01. The third-order valence-corrected chi connectivity index (χ3v) is 3.85. The Bertz CT molecular complexity index is 581. The molecule has 0 heterocycles. The average molecular weight is 370 g/mol. The van der Waals surface area contributed by atoms with Crippen LogP contribution in [-0.2, 0) is 0 Å². The van der Waals surface area contributed by atoms with E-state index in [4.69, 9.17) is 5.73 Å². The molecule has 0 aliphatic rings. The fourth-order valence-electron chi connectivity index (χ4n) is 2.00. The highest BCUT2D eigenvalue weighted by Crippen LogP contribution is 2.32. The first-order chi connectivity index (χ1) is 9.02. The fourth-order valence-corrected chi connectivity index (χ4v) is 2.49. The molecule has 0 atom stereocenters. The quantitative estimate of drug-likeness (QED) is 0.638. The van der Waals surface area contributed by atoms with E-state index in [2.05, 4.69) is 0 Å². The molecular formula is C15H16FIN2. The molecular weight excluding hydrogens is 354 g/mol. The molecule has 2 aromatic rings. The second-order valence-electron chi connectivity index (χ2n) is 4.40. The van der Waals surface area contributed by atoms with Gasteiger partial charge < -0.3 is 10.6 Å². The molecule has 0 radical (unpaired) electrons. The lowest BCUT2D eigenvalue weighted by Gasteiger charge is -2.25. The first-order valence-electron chi connectivity index (χ1n) is 6.11. The van der Waals surface area contributed by atoms with Crippen molar-refractivity contribution in [2.24, 2.45) is 0 Å². The second-order valence-corrected chi connectivity index (χ2v) is 5.57. The van der Waals surface area contributed by atoms with Crippen LogP contribution in [0.25, 0.3) is 0 Å². The summed E-state index contributed by atoms with van der Waals surface area (Å²) < 4.78 is 14.3. The second kappa shape index (κ2) is 5.77. The molecule has 0 spiro atoms. The van der Waals surface area contributed by atoms with Crippen LogP contribution >= 0.6 is 22.6 Å². The zero-order valence-electron chi connectivity index (χ0n) is 11.0. The van der Waals surface area contributed by atoms with Gasteiger partial charge in [-0.05, 0) is 54.6 Å². The molecule has 100 valence electrons. The van der Waals surface area contributed by atoms with Gasteiger partial charge in [-0.25, -0.2) is 4.39 Å². The van der Waals surface area contributed by atoms with E-state index < -0.39 is 0 Å². The minimum Gasteiger partial charge on any atom is -0.397 e. The van der Waals surface area contributed by atoms with Gasteiger partial charge >= 0.3 is 0 Å². The number of benzene rings is 2. The summed E-state index contributed by atoms with van der Waals surface area (Å²) in [6.45, 7) is 4.79. The Morgan fingerprint density at radius 3 is 2.42 bits per heavy atom. The van der Waals surface area contributed by atoms with E-state index >= 15 is 0 Å². The van der Waals surface area contributed by atoms with Crippen LogP contribution in [0.4, 0.5) is 21.5 Å². The van der Waals surface area contributed by atoms with Crippen molar-refractivity contribution in [3.63, 3.8) is 0 Å². The van der Waals surface area contributed by atoms with Crippen LogP contribution in [0, 0.1) is 16.3 Å². The Morgan fingerprint density at radius 2 is 1.84 bits per heavy atom. The summed E-state index contributed by atoms with van der Waals surface area (Å²) >= 11 is 1.95. The molecule has 0 fully saturated rings. The average Bonchev–Trinajstić information content (AvgIpc) is 2.38. The summed E-state index contributed by atoms with van der Waals surface area (Å²) in [6.07, 6.45) is 0. The van der Waals surface area contributed by atoms with Crippen LogP contribution < -0.4 is 10.6 Å². The predicted molar refractivity (Wildman–Crippen MR) is 87.4 cm³/mol. The van der Waals surface area contributed by atoms with Crippen molar-refractivity contribution in [2.75, 3.05) is 17.2 Å². The number of anilines is 3. The Kier molecular flexibility index (Phi) is 4.29. The van der Waals surface area contributed by atoms with Gasteiger partial charge in [0, 0.05) is 18.3 Å². The highest BCUT2D eigenvalue weighted by atomic mass is 127. The lowest BCUT2D eigenvalue weighted by atomic mass is 10.2. The summed E-state index contributed by atoms with van der Waals surface area (Å²) in [7, 11) is 0. The fraction of sp³-hybridized carbons (Fsp3) is 0.200. The Morgan fingerprint density at radius 1 is 1.21 bits per heavy atom. The van der Waals surface area contributed by atoms with Crippen LogP contribution in [0.15, 0.2) is 36.4 Å². The molecule has 0 aromatic heterocycles. The molecule has 2 nitrogen and oxygen atoms in total. The summed E-state index contributed by atoms with van der Waals surface area (Å²) in [5.74, 6) is -0.240. The molecule has 0 unspecified atom stereocenters. The zero-order valence-corrected chi connectivity index (χ0v) is 13.1. The lowest BCUT2D eigenvalue weighted by molar-refractivity contribution is 0.620. The summed E-state index contributed by atoms with van der Waals surface area (Å²) in [6, 6.07) is 11.3. The molecule has 0 bridgehead atoms. The van der Waals surface area contributed by atoms with E-state index in [0.29, 0.717) is 14.9 Å². The molecule has 4 heteroatoms. The maximum Gasteiger partial charge on any atom is 0.138 e. The number of halogens is 2. The van der Waals surface area contributed by atoms with Crippen molar-refractivity contribution in [3.05, 3.63) is 51.3 Å². The highest BCUT2D eigenvalue weighted by molar-refractivity contribution is 14.1. The third kappa shape index (κ3) is 3.00. The number of hydrogen-bond acceptors (Lipinski definition) is 2. The van der Waals surface area contributed by atoms with Crippen molar-refractivity contribution in [2.45, 2.75) is 13.8 Å². The number of rotatable bonds is 3. The molecule has 0 aliphatic carbocycles. The zero-order chi connectivity index (χ0) is 14.0. The van der Waals surface area contributed by atoms with Crippen molar-refractivity contribution in [1.82, 2.24) is 0 Å². The summed E-state index contributed by atoms with van der Waals surface area (Å²) in [5, 5.41) is 0. The first-order valence-corrected chi connectivity index (χ1v) is 7.19. The van der Waals surface area contributed by atoms with Gasteiger partial charge in [-0.3, -0.25) is 0 Å². The normalized spacial score (nSPS) is 10.5. The van der Waals surface area contributed by atoms with E-state index in [1.54, 1.807) is 6.07 Å². The van der Waals surface area contributed by atoms with Crippen molar-refractivity contribution in [3.8, 4) is 0 Å². The number of nitrogens with two attached hydrogens (primary N) is 1. The van der Waals surface area contributed by atoms with E-state index in [1.807, 2.05) is 65.6 Å². The molecule has 2 rings (SSSR count). The van der Waals surface area contributed by atoms with Gasteiger partial charge in [0.2, 0.25) is 0 Å². The molecule has 0 saturated heterocycles. The van der Waals surface area contributed by atoms with Gasteiger partial charge in [0.1, 0.15) is 5.82 Å². The highest BCUT2D eigenvalue weighted by Gasteiger charge is 2.13. The van der Waals surface area contributed by atoms with Gasteiger partial charge in [-0.15, -0.1) is 0 Å². The lowest BCUT2D eigenvalue weighted by Crippen LogP contribution is -2.18. The van der Waals surface area contributed by atoms with Gasteiger partial charge in [0.05, 0.1) is 14.9 Å². The number of nitrogen functional groups attached to an aromatic ring is 1. The summed E-state index contributed by atoms with van der Waals surface area (Å²) in [5.41, 5.74) is 9.53. The van der Waals surface area contributed by atoms with Crippen molar-refractivity contribution in [1.29, 1.82) is 0 Å². The smallest absolute Gasteiger partial charge is 0.138 e. The maximum absolute atomic E-state index is 13.7. The van der Waals surface area contributed by atoms with E-state index in [9.17, 15) is 4.39 Å². The number of nitrogens with zero attached hydrogens (tertiary/aromatic N) is 1. The molecule has 2 aromatic carbocycles. The predicted octanol–water partition coefficient (Wildman–Crippen LogP) is 4.48. The Hall–Kier alpha value is -1.30. The van der Waals surface area contributed by atoms with Gasteiger partial charge in [-0.2, -0.15) is 0 Å². The standard InChI is InChI=1S/C15H16FIN2/c1-3-19(11-6-4-10(2)5-7-11)15-8-12(16)13(17)9-14(15)18/h4-9H,3,18H2,1-2H3. The third-order valence-electron chi connectivity index (χ3n) is 3.02. The van der Waals surface area contributed by atoms with Crippen LogP contribution in [0.1, 0.15) is 12.5 Å². The maximum atomic E-state index is 13.7. The topological polar surface area (TPSA) is 29.3 Å². The van der Waals surface area contributed by atoms with Crippen molar-refractivity contribution < 1.29 is 4.39 Å². The van der Waals surface area contributed by atoms with Crippen LogP contribution in [0.2, 0.25) is 0 Å². The van der Waals surface area contributed by atoms with Gasteiger partial charge in [-0.1, -0.05) is 17.7 Å². The molecule has 0 saturated carbocycles. The largest absolute Gasteiger partial charge is 0.397 e. The monoisotopic (exact) mass is 370 g/mol. The van der Waals surface area contributed by atoms with Gasteiger partial charge in [0.15, 0.2) is 0 Å². The van der Waals surface area contributed by atoms with Crippen molar-refractivity contribution >= 4 is 39.7 Å². The first kappa shape index (κ1) is 14.1. The number of hydrogen-bond donors (Lipinski definition) is 1. The Labute approximate surface area is 126 Å². The van der Waals surface area contributed by atoms with Crippen LogP contribution in [-0.4, -0.2) is 6.54 Å². The minimum atomic E-state index is -0.240. The van der Waals surface area contributed by atoms with E-state index in [1.165, 1.54) is 11.6 Å². The molecule has 0 amide bonds. The number of aryl methyl sites for hydroxylation is 1. The van der Waals surface area contributed by atoms with Crippen LogP contribution in [0.5, 0.6) is 0 Å². The van der Waals surface area contributed by atoms with E-state index in [-0.39, 0.29) is 5.82 Å². The van der Waals surface area contributed by atoms with E-state index in [0.717, 1.165) is 12.2 Å². The minimum absolute atomic E-state index is 0.240. The van der Waals surface area contributed by atoms with Crippen LogP contribution in [0.3, 0.4) is 0 Å². The SMILES string of the molecule is CCN(c1ccc(C)cc1)c1cc(F)c(I)cc1N. The molecule has 19 heavy (non-hydrogen) atoms. The van der Waals surface area contributed by atoms with Gasteiger partial charge in [0.25, 0.3) is 0 Å². The molecule has 2 N–H and O–H groups in total.